The third-order valence-electron chi connectivity index (χ3n) is 7.01. The van der Waals surface area contributed by atoms with E-state index in [1.807, 2.05) is 23.1 Å². The maximum Gasteiger partial charge on any atom is 0.337 e. The van der Waals surface area contributed by atoms with E-state index in [1.54, 1.807) is 6.20 Å². The van der Waals surface area contributed by atoms with E-state index < -0.39 is 11.7 Å². The molecule has 2 saturated heterocycles. The summed E-state index contributed by atoms with van der Waals surface area (Å²) in [6.07, 6.45) is 7.89. The van der Waals surface area contributed by atoms with Gasteiger partial charge in [-0.15, -0.1) is 0 Å². The molecule has 0 amide bonds. The Kier molecular flexibility index (Phi) is 4.36. The summed E-state index contributed by atoms with van der Waals surface area (Å²) in [5.74, 6) is -0.569. The molecule has 3 atom stereocenters. The van der Waals surface area contributed by atoms with E-state index in [9.17, 15) is 15.0 Å². The number of carboxylic acid groups (broad SMARTS) is 1. The SMILES string of the molecule is O=C(O)c1ccncc1N1C2(O)CCC1(C1CC1)CC(c1c(Cl)cccc1Cl)C2. The van der Waals surface area contributed by atoms with Crippen LogP contribution in [0.3, 0.4) is 0 Å². The Labute approximate surface area is 179 Å². The first kappa shape index (κ1) is 19.2. The number of aliphatic hydroxyl groups is 1. The van der Waals surface area contributed by atoms with Gasteiger partial charge in [-0.1, -0.05) is 29.3 Å². The van der Waals surface area contributed by atoms with Crippen LogP contribution in [0.5, 0.6) is 0 Å². The standard InChI is InChI=1S/C22H22Cl2N2O3/c23-16-2-1-3-17(24)19(16)13-10-21(14-4-5-14)7-8-22(29,11-13)26(21)18-12-25-9-6-15(18)20(27)28/h1-3,6,9,12-14,29H,4-5,7-8,10-11H2,(H,27,28). The minimum atomic E-state index is -1.15. The average Bonchev–Trinajstić information content (AvgIpc) is 3.49. The Hall–Kier alpha value is -1.82. The molecule has 0 spiro atoms. The number of halogens is 2. The Morgan fingerprint density at radius 1 is 1.14 bits per heavy atom. The minimum Gasteiger partial charge on any atom is -0.478 e. The monoisotopic (exact) mass is 432 g/mol. The number of rotatable bonds is 4. The van der Waals surface area contributed by atoms with E-state index in [4.69, 9.17) is 23.2 Å². The number of piperidine rings is 1. The number of pyridine rings is 1. The molecule has 5 nitrogen and oxygen atoms in total. The van der Waals surface area contributed by atoms with Gasteiger partial charge in [0.1, 0.15) is 5.72 Å². The number of carbonyl (C=O) groups is 1. The van der Waals surface area contributed by atoms with E-state index in [-0.39, 0.29) is 17.0 Å². The highest BCUT2D eigenvalue weighted by molar-refractivity contribution is 6.36. The van der Waals surface area contributed by atoms with E-state index in [2.05, 4.69) is 4.98 Å². The van der Waals surface area contributed by atoms with Crippen molar-refractivity contribution >= 4 is 34.9 Å². The fourth-order valence-corrected chi connectivity index (χ4v) is 6.53. The van der Waals surface area contributed by atoms with Crippen molar-refractivity contribution < 1.29 is 15.0 Å². The molecule has 7 heteroatoms. The molecule has 2 aromatic rings. The first-order chi connectivity index (χ1) is 13.9. The molecular formula is C22H22Cl2N2O3. The van der Waals surface area contributed by atoms with Crippen molar-refractivity contribution in [2.24, 2.45) is 5.92 Å². The normalized spacial score (nSPS) is 31.1. The predicted molar refractivity (Wildman–Crippen MR) is 112 cm³/mol. The predicted octanol–water partition coefficient (Wildman–Crippen LogP) is 5.10. The van der Waals surface area contributed by atoms with Crippen molar-refractivity contribution in [1.29, 1.82) is 0 Å². The van der Waals surface area contributed by atoms with Crippen LogP contribution in [0.4, 0.5) is 5.69 Å². The van der Waals surface area contributed by atoms with Gasteiger partial charge >= 0.3 is 5.97 Å². The number of aromatic carboxylic acids is 1. The largest absolute Gasteiger partial charge is 0.478 e. The van der Waals surface area contributed by atoms with Gasteiger partial charge in [-0.05, 0) is 67.7 Å². The van der Waals surface area contributed by atoms with Crippen molar-refractivity contribution in [3.05, 3.63) is 57.8 Å². The highest BCUT2D eigenvalue weighted by atomic mass is 35.5. The molecule has 2 aliphatic heterocycles. The van der Waals surface area contributed by atoms with Gasteiger partial charge in [0.25, 0.3) is 0 Å². The molecule has 3 aliphatic rings. The van der Waals surface area contributed by atoms with Crippen molar-refractivity contribution in [3.63, 3.8) is 0 Å². The molecule has 1 aliphatic carbocycles. The van der Waals surface area contributed by atoms with E-state index in [1.165, 1.54) is 12.3 Å². The van der Waals surface area contributed by atoms with Crippen molar-refractivity contribution in [2.45, 2.75) is 55.7 Å². The summed E-state index contributed by atoms with van der Waals surface area (Å²) >= 11 is 13.0. The molecule has 2 bridgehead atoms. The molecule has 0 radical (unpaired) electrons. The summed E-state index contributed by atoms with van der Waals surface area (Å²) in [6, 6.07) is 7.03. The summed E-state index contributed by atoms with van der Waals surface area (Å²) in [7, 11) is 0. The molecule has 29 heavy (non-hydrogen) atoms. The van der Waals surface area contributed by atoms with Gasteiger partial charge in [-0.25, -0.2) is 4.79 Å². The molecule has 1 aromatic heterocycles. The Bertz CT molecular complexity index is 976. The van der Waals surface area contributed by atoms with Crippen LogP contribution in [0.1, 0.15) is 60.4 Å². The zero-order valence-electron chi connectivity index (χ0n) is 15.8. The molecule has 3 heterocycles. The molecule has 2 N–H and O–H groups in total. The number of anilines is 1. The third kappa shape index (κ3) is 2.86. The van der Waals surface area contributed by atoms with Crippen LogP contribution in [-0.2, 0) is 0 Å². The number of hydrogen-bond donors (Lipinski definition) is 2. The fraction of sp³-hybridized carbons (Fsp3) is 0.455. The lowest BCUT2D eigenvalue weighted by Gasteiger charge is -2.53. The number of carboxylic acids is 1. The fourth-order valence-electron chi connectivity index (χ4n) is 5.82. The average molecular weight is 433 g/mol. The van der Waals surface area contributed by atoms with Gasteiger partial charge < -0.3 is 15.1 Å². The number of fused-ring (bicyclic) bond motifs is 2. The van der Waals surface area contributed by atoms with Crippen molar-refractivity contribution in [1.82, 2.24) is 4.98 Å². The summed E-state index contributed by atoms with van der Waals surface area (Å²) in [5.41, 5.74) is 0.120. The van der Waals surface area contributed by atoms with Crippen molar-refractivity contribution in [2.75, 3.05) is 4.90 Å². The van der Waals surface area contributed by atoms with E-state index in [0.717, 1.165) is 31.2 Å². The molecule has 3 fully saturated rings. The maximum absolute atomic E-state index is 11.9. The Morgan fingerprint density at radius 2 is 1.86 bits per heavy atom. The number of benzene rings is 1. The van der Waals surface area contributed by atoms with Crippen LogP contribution in [-0.4, -0.2) is 32.4 Å². The second-order valence-corrected chi connectivity index (χ2v) is 9.45. The van der Waals surface area contributed by atoms with Gasteiger partial charge in [0.15, 0.2) is 0 Å². The molecule has 1 saturated carbocycles. The molecule has 3 unspecified atom stereocenters. The van der Waals surface area contributed by atoms with Crippen molar-refractivity contribution in [3.8, 4) is 0 Å². The molecule has 152 valence electrons. The van der Waals surface area contributed by atoms with Crippen LogP contribution in [0.25, 0.3) is 0 Å². The Morgan fingerprint density at radius 3 is 2.52 bits per heavy atom. The lowest BCUT2D eigenvalue weighted by Crippen LogP contribution is -2.61. The number of nitrogens with zero attached hydrogens (tertiary/aromatic N) is 2. The van der Waals surface area contributed by atoms with Gasteiger partial charge in [0.05, 0.1) is 17.4 Å². The first-order valence-corrected chi connectivity index (χ1v) is 10.8. The second kappa shape index (κ2) is 6.59. The topological polar surface area (TPSA) is 73.7 Å². The van der Waals surface area contributed by atoms with Gasteiger partial charge in [0.2, 0.25) is 0 Å². The lowest BCUT2D eigenvalue weighted by atomic mass is 9.74. The third-order valence-corrected chi connectivity index (χ3v) is 7.67. The minimum absolute atomic E-state index is 0.0190. The van der Waals surface area contributed by atoms with Gasteiger partial charge in [-0.3, -0.25) is 4.98 Å². The highest BCUT2D eigenvalue weighted by Crippen LogP contribution is 2.63. The smallest absolute Gasteiger partial charge is 0.337 e. The maximum atomic E-state index is 11.9. The van der Waals surface area contributed by atoms with Crippen LogP contribution >= 0.6 is 23.2 Å². The second-order valence-electron chi connectivity index (χ2n) is 8.63. The number of hydrogen-bond acceptors (Lipinski definition) is 4. The quantitative estimate of drug-likeness (QED) is 0.702. The molecule has 1 aromatic carbocycles. The van der Waals surface area contributed by atoms with Crippen LogP contribution in [0.15, 0.2) is 36.7 Å². The Balaban J connectivity index is 1.64. The number of aromatic nitrogens is 1. The summed E-state index contributed by atoms with van der Waals surface area (Å²) in [6.45, 7) is 0. The van der Waals surface area contributed by atoms with Crippen LogP contribution < -0.4 is 4.90 Å². The highest BCUT2D eigenvalue weighted by Gasteiger charge is 2.64. The van der Waals surface area contributed by atoms with Gasteiger partial charge in [0, 0.05) is 28.2 Å². The molecule has 5 rings (SSSR count). The van der Waals surface area contributed by atoms with E-state index in [0.29, 0.717) is 34.5 Å². The summed E-state index contributed by atoms with van der Waals surface area (Å²) in [5, 5.41) is 22.8. The van der Waals surface area contributed by atoms with Crippen LogP contribution in [0.2, 0.25) is 10.0 Å². The molecular weight excluding hydrogens is 411 g/mol. The van der Waals surface area contributed by atoms with E-state index >= 15 is 0 Å². The van der Waals surface area contributed by atoms with Crippen LogP contribution in [0, 0.1) is 5.92 Å². The van der Waals surface area contributed by atoms with Gasteiger partial charge in [-0.2, -0.15) is 0 Å². The zero-order chi connectivity index (χ0) is 20.4. The summed E-state index contributed by atoms with van der Waals surface area (Å²) < 4.78 is 0. The summed E-state index contributed by atoms with van der Waals surface area (Å²) in [4.78, 5) is 18.1. The zero-order valence-corrected chi connectivity index (χ0v) is 17.3. The first-order valence-electron chi connectivity index (χ1n) is 10.00. The lowest BCUT2D eigenvalue weighted by molar-refractivity contribution is 0.00658.